The second-order valence-corrected chi connectivity index (χ2v) is 11.6. The van der Waals surface area contributed by atoms with E-state index < -0.39 is 0 Å². The molecule has 0 saturated heterocycles. The van der Waals surface area contributed by atoms with Crippen molar-refractivity contribution in [1.29, 1.82) is 0 Å². The fraction of sp³-hybridized carbons (Fsp3) is 0.192. The van der Waals surface area contributed by atoms with Crippen LogP contribution < -0.4 is 10.3 Å². The van der Waals surface area contributed by atoms with Crippen LogP contribution in [-0.2, 0) is 6.61 Å². The molecule has 5 nitrogen and oxygen atoms in total. The van der Waals surface area contributed by atoms with Crippen LogP contribution in [0.2, 0.25) is 0 Å². The number of aromatic nitrogens is 2. The van der Waals surface area contributed by atoms with Crippen molar-refractivity contribution in [2.24, 2.45) is 5.10 Å². The van der Waals surface area contributed by atoms with Crippen molar-refractivity contribution < 1.29 is 4.74 Å². The molecule has 3 aromatic carbocycles. The first-order valence-electron chi connectivity index (χ1n) is 10.9. The molecule has 1 heterocycles. The average Bonchev–Trinajstić information content (AvgIpc) is 2.83. The van der Waals surface area contributed by atoms with Crippen molar-refractivity contribution in [3.05, 3.63) is 99.8 Å². The first-order chi connectivity index (χ1) is 16.8. The molecule has 0 fully saturated rings. The molecule has 0 saturated carbocycles. The lowest BCUT2D eigenvalue weighted by Crippen LogP contribution is -2.23. The van der Waals surface area contributed by atoms with E-state index in [9.17, 15) is 4.79 Å². The summed E-state index contributed by atoms with van der Waals surface area (Å²) in [5.41, 5.74) is 2.33. The maximum atomic E-state index is 13.3. The van der Waals surface area contributed by atoms with Gasteiger partial charge in [-0.15, -0.1) is 0 Å². The average molecular weight is 727 g/mol. The minimum Gasteiger partial charge on any atom is -0.487 e. The van der Waals surface area contributed by atoms with Crippen LogP contribution in [0.25, 0.3) is 10.9 Å². The third-order valence-corrected chi connectivity index (χ3v) is 7.73. The highest BCUT2D eigenvalue weighted by molar-refractivity contribution is 9.11. The second-order valence-electron chi connectivity index (χ2n) is 8.03. The van der Waals surface area contributed by atoms with Crippen LogP contribution in [0.4, 0.5) is 0 Å². The Hall–Kier alpha value is -1.81. The summed E-state index contributed by atoms with van der Waals surface area (Å²) >= 11 is 14.1. The van der Waals surface area contributed by atoms with Crippen LogP contribution in [0.3, 0.4) is 0 Å². The second kappa shape index (κ2) is 11.5. The van der Waals surface area contributed by atoms with Gasteiger partial charge in [-0.05, 0) is 91.9 Å². The minimum absolute atomic E-state index is 0.0701. The maximum Gasteiger partial charge on any atom is 0.282 e. The molecule has 9 heteroatoms. The molecule has 0 N–H and O–H groups in total. The van der Waals surface area contributed by atoms with E-state index in [1.807, 2.05) is 55.5 Å². The summed E-state index contributed by atoms with van der Waals surface area (Å²) < 4.78 is 10.8. The molecule has 0 amide bonds. The summed E-state index contributed by atoms with van der Waals surface area (Å²) in [6, 6.07) is 17.3. The SMILES string of the molecule is CC[C@H](C)c1nc2ccc(Br)cc2c(=O)n1N=Cc1cc(Br)c(OCc2ccc(Br)cc2)c(Br)c1. The zero-order chi connectivity index (χ0) is 25.1. The summed E-state index contributed by atoms with van der Waals surface area (Å²) in [4.78, 5) is 18.1. The number of nitrogens with zero attached hydrogens (tertiary/aromatic N) is 3. The molecule has 0 aliphatic carbocycles. The van der Waals surface area contributed by atoms with Gasteiger partial charge in [0, 0.05) is 14.9 Å². The molecule has 1 aromatic heterocycles. The van der Waals surface area contributed by atoms with Gasteiger partial charge in [0.1, 0.15) is 18.2 Å². The Morgan fingerprint density at radius 1 is 1.00 bits per heavy atom. The highest BCUT2D eigenvalue weighted by atomic mass is 79.9. The van der Waals surface area contributed by atoms with E-state index >= 15 is 0 Å². The highest BCUT2D eigenvalue weighted by Crippen LogP contribution is 2.35. The summed E-state index contributed by atoms with van der Waals surface area (Å²) in [7, 11) is 0. The number of fused-ring (bicyclic) bond motifs is 1. The van der Waals surface area contributed by atoms with E-state index in [1.165, 1.54) is 4.68 Å². The zero-order valence-electron chi connectivity index (χ0n) is 18.9. The van der Waals surface area contributed by atoms with Gasteiger partial charge in [-0.2, -0.15) is 9.78 Å². The smallest absolute Gasteiger partial charge is 0.282 e. The molecule has 0 unspecified atom stereocenters. The van der Waals surface area contributed by atoms with Crippen molar-refractivity contribution in [2.45, 2.75) is 32.8 Å². The highest BCUT2D eigenvalue weighted by Gasteiger charge is 2.16. The van der Waals surface area contributed by atoms with Gasteiger partial charge in [0.15, 0.2) is 0 Å². The standard InChI is InChI=1S/C26H21Br4N3O2/c1-3-15(2)25-32-23-9-8-19(28)12-20(23)26(34)33(25)31-13-17-10-21(29)24(22(30)11-17)35-14-16-4-6-18(27)7-5-16/h4-13,15H,3,14H2,1-2H3/t15-/m0/s1. The minimum atomic E-state index is -0.199. The van der Waals surface area contributed by atoms with Gasteiger partial charge >= 0.3 is 0 Å². The zero-order valence-corrected chi connectivity index (χ0v) is 25.3. The van der Waals surface area contributed by atoms with Crippen LogP contribution in [-0.4, -0.2) is 15.9 Å². The molecule has 0 aliphatic rings. The van der Waals surface area contributed by atoms with Crippen LogP contribution >= 0.6 is 63.7 Å². The van der Waals surface area contributed by atoms with Gasteiger partial charge in [-0.3, -0.25) is 4.79 Å². The number of rotatable bonds is 7. The molecule has 4 aromatic rings. The molecule has 0 radical (unpaired) electrons. The quantitative estimate of drug-likeness (QED) is 0.180. The topological polar surface area (TPSA) is 56.5 Å². The molecule has 4 rings (SSSR count). The first kappa shape index (κ1) is 26.3. The van der Waals surface area contributed by atoms with Crippen molar-refractivity contribution >= 4 is 80.8 Å². The lowest BCUT2D eigenvalue weighted by atomic mass is 10.1. The van der Waals surface area contributed by atoms with Gasteiger partial charge in [0.05, 0.1) is 26.1 Å². The predicted molar refractivity (Wildman–Crippen MR) is 156 cm³/mol. The van der Waals surface area contributed by atoms with Crippen LogP contribution in [0.5, 0.6) is 5.75 Å². The molecular weight excluding hydrogens is 706 g/mol. The third-order valence-electron chi connectivity index (χ3n) is 5.53. The Morgan fingerprint density at radius 3 is 2.31 bits per heavy atom. The van der Waals surface area contributed by atoms with E-state index in [1.54, 1.807) is 12.3 Å². The summed E-state index contributed by atoms with van der Waals surface area (Å²) in [6.45, 7) is 4.55. The predicted octanol–water partition coefficient (Wildman–Crippen LogP) is 8.42. The normalized spacial score (nSPS) is 12.4. The van der Waals surface area contributed by atoms with E-state index in [2.05, 4.69) is 75.7 Å². The molecule has 1 atom stereocenters. The lowest BCUT2D eigenvalue weighted by molar-refractivity contribution is 0.302. The first-order valence-corrected chi connectivity index (χ1v) is 14.1. The number of ether oxygens (including phenoxy) is 1. The summed E-state index contributed by atoms with van der Waals surface area (Å²) in [6.07, 6.45) is 2.50. The van der Waals surface area contributed by atoms with Crippen LogP contribution in [0, 0.1) is 0 Å². The Kier molecular flexibility index (Phi) is 8.63. The monoisotopic (exact) mass is 723 g/mol. The van der Waals surface area contributed by atoms with Gasteiger partial charge in [0.2, 0.25) is 0 Å². The molecule has 0 spiro atoms. The molecule has 180 valence electrons. The number of benzene rings is 3. The van der Waals surface area contributed by atoms with E-state index in [-0.39, 0.29) is 11.5 Å². The summed E-state index contributed by atoms with van der Waals surface area (Å²) in [5.74, 6) is 1.40. The van der Waals surface area contributed by atoms with Crippen LogP contribution in [0.1, 0.15) is 43.1 Å². The van der Waals surface area contributed by atoms with Gasteiger partial charge in [0.25, 0.3) is 5.56 Å². The van der Waals surface area contributed by atoms with Crippen molar-refractivity contribution in [2.75, 3.05) is 0 Å². The Bertz CT molecular complexity index is 1440. The van der Waals surface area contributed by atoms with E-state index in [0.29, 0.717) is 29.1 Å². The fourth-order valence-corrected chi connectivity index (χ4v) is 5.51. The molecule has 35 heavy (non-hydrogen) atoms. The van der Waals surface area contributed by atoms with E-state index in [4.69, 9.17) is 9.72 Å². The number of halogens is 4. The van der Waals surface area contributed by atoms with Crippen molar-refractivity contribution in [3.63, 3.8) is 0 Å². The molecular formula is C26H21Br4N3O2. The Morgan fingerprint density at radius 2 is 1.66 bits per heavy atom. The van der Waals surface area contributed by atoms with Gasteiger partial charge < -0.3 is 4.74 Å². The van der Waals surface area contributed by atoms with Crippen molar-refractivity contribution in [1.82, 2.24) is 9.66 Å². The molecule has 0 aliphatic heterocycles. The Balaban J connectivity index is 1.66. The van der Waals surface area contributed by atoms with E-state index in [0.717, 1.165) is 35.4 Å². The number of hydrogen-bond donors (Lipinski definition) is 0. The van der Waals surface area contributed by atoms with Gasteiger partial charge in [-0.25, -0.2) is 4.98 Å². The van der Waals surface area contributed by atoms with Gasteiger partial charge in [-0.1, -0.05) is 57.8 Å². The largest absolute Gasteiger partial charge is 0.487 e. The Labute approximate surface area is 237 Å². The van der Waals surface area contributed by atoms with Crippen molar-refractivity contribution in [3.8, 4) is 5.75 Å². The fourth-order valence-electron chi connectivity index (χ4n) is 3.43. The van der Waals surface area contributed by atoms with Crippen LogP contribution in [0.15, 0.2) is 82.4 Å². The molecule has 0 bridgehead atoms. The third kappa shape index (κ3) is 6.13. The lowest BCUT2D eigenvalue weighted by Gasteiger charge is -2.14. The number of hydrogen-bond acceptors (Lipinski definition) is 4. The maximum absolute atomic E-state index is 13.3. The summed E-state index contributed by atoms with van der Waals surface area (Å²) in [5, 5.41) is 5.07.